The number of nitrogens with one attached hydrogen (secondary N) is 1. The van der Waals surface area contributed by atoms with Gasteiger partial charge >= 0.3 is 0 Å². The van der Waals surface area contributed by atoms with Crippen molar-refractivity contribution in [3.05, 3.63) is 0 Å². The van der Waals surface area contributed by atoms with Gasteiger partial charge in [0.1, 0.15) is 0 Å². The van der Waals surface area contributed by atoms with Gasteiger partial charge in [-0.1, -0.05) is 20.8 Å². The number of nitrogens with zero attached hydrogens (tertiary/aromatic N) is 2. The smallest absolute Gasteiger partial charge is 0.227 e. The minimum absolute atomic E-state index is 0.321. The van der Waals surface area contributed by atoms with Crippen molar-refractivity contribution in [1.29, 1.82) is 5.26 Å². The van der Waals surface area contributed by atoms with Gasteiger partial charge in [-0.3, -0.25) is 0 Å². The van der Waals surface area contributed by atoms with Crippen molar-refractivity contribution in [2.45, 2.75) is 38.9 Å². The third-order valence-electron chi connectivity index (χ3n) is 2.74. The zero-order valence-corrected chi connectivity index (χ0v) is 11.8. The molecule has 6 heteroatoms. The molecule has 0 amide bonds. The fourth-order valence-electron chi connectivity index (χ4n) is 1.54. The van der Waals surface area contributed by atoms with E-state index < -0.39 is 15.3 Å². The fourth-order valence-corrected chi connectivity index (χ4v) is 2.75. The molecule has 0 saturated carbocycles. The van der Waals surface area contributed by atoms with Crippen molar-refractivity contribution in [3.63, 3.8) is 0 Å². The second-order valence-electron chi connectivity index (χ2n) is 3.85. The summed E-state index contributed by atoms with van der Waals surface area (Å²) in [7, 11) is -3.46. The average molecular weight is 261 g/mol. The largest absolute Gasteiger partial charge is 0.304 e. The van der Waals surface area contributed by atoms with E-state index in [0.29, 0.717) is 13.0 Å². The highest BCUT2D eigenvalue weighted by atomic mass is 32.2. The van der Waals surface area contributed by atoms with E-state index in [0.717, 1.165) is 26.1 Å². The Kier molecular flexibility index (Phi) is 8.13. The maximum absolute atomic E-state index is 11.6. The van der Waals surface area contributed by atoms with Crippen LogP contribution in [-0.2, 0) is 10.0 Å². The Hall–Kier alpha value is -0.640. The SMILES string of the molecule is CCC(C#N)S(=O)(=O)NCCCN(CC)CC. The lowest BCUT2D eigenvalue weighted by Gasteiger charge is -2.18. The summed E-state index contributed by atoms with van der Waals surface area (Å²) in [6.45, 7) is 9.07. The molecule has 5 nitrogen and oxygen atoms in total. The van der Waals surface area contributed by atoms with Crippen LogP contribution in [0.3, 0.4) is 0 Å². The van der Waals surface area contributed by atoms with Crippen LogP contribution in [0.5, 0.6) is 0 Å². The fraction of sp³-hybridized carbons (Fsp3) is 0.909. The molecule has 0 aliphatic rings. The number of hydrogen-bond donors (Lipinski definition) is 1. The summed E-state index contributed by atoms with van der Waals surface area (Å²) in [4.78, 5) is 2.23. The first-order chi connectivity index (χ1) is 8.01. The molecule has 0 rings (SSSR count). The van der Waals surface area contributed by atoms with Crippen LogP contribution >= 0.6 is 0 Å². The van der Waals surface area contributed by atoms with Crippen LogP contribution in [0.2, 0.25) is 0 Å². The van der Waals surface area contributed by atoms with Gasteiger partial charge in [0.25, 0.3) is 0 Å². The third-order valence-corrected chi connectivity index (χ3v) is 4.53. The quantitative estimate of drug-likeness (QED) is 0.627. The molecule has 0 heterocycles. The second-order valence-corrected chi connectivity index (χ2v) is 5.79. The summed E-state index contributed by atoms with van der Waals surface area (Å²) in [5.41, 5.74) is 0. The van der Waals surface area contributed by atoms with Gasteiger partial charge in [-0.25, -0.2) is 13.1 Å². The molecule has 0 aromatic rings. The average Bonchev–Trinajstić information content (AvgIpc) is 2.30. The van der Waals surface area contributed by atoms with E-state index in [1.54, 1.807) is 13.0 Å². The topological polar surface area (TPSA) is 73.2 Å². The zero-order valence-electron chi connectivity index (χ0n) is 10.9. The normalized spacial score (nSPS) is 13.6. The van der Waals surface area contributed by atoms with Gasteiger partial charge in [0.15, 0.2) is 5.25 Å². The lowest BCUT2D eigenvalue weighted by atomic mass is 10.4. The Morgan fingerprint density at radius 1 is 1.29 bits per heavy atom. The van der Waals surface area contributed by atoms with E-state index in [2.05, 4.69) is 23.5 Å². The predicted molar refractivity (Wildman–Crippen MR) is 69.0 cm³/mol. The van der Waals surface area contributed by atoms with E-state index in [4.69, 9.17) is 5.26 Å². The molecule has 0 saturated heterocycles. The minimum Gasteiger partial charge on any atom is -0.304 e. The number of sulfonamides is 1. The standard InChI is InChI=1S/C11H23N3O2S/c1-4-11(10-12)17(15,16)13-8-7-9-14(5-2)6-3/h11,13H,4-9H2,1-3H3. The molecule has 1 atom stereocenters. The molecular formula is C11H23N3O2S. The highest BCUT2D eigenvalue weighted by molar-refractivity contribution is 7.90. The number of rotatable bonds is 9. The summed E-state index contributed by atoms with van der Waals surface area (Å²) in [5, 5.41) is 7.77. The van der Waals surface area contributed by atoms with Crippen LogP contribution in [0.4, 0.5) is 0 Å². The molecule has 0 bridgehead atoms. The van der Waals surface area contributed by atoms with Crippen LogP contribution in [0.25, 0.3) is 0 Å². The highest BCUT2D eigenvalue weighted by Gasteiger charge is 2.22. The first-order valence-corrected chi connectivity index (χ1v) is 7.66. The molecule has 0 aromatic heterocycles. The van der Waals surface area contributed by atoms with Crippen molar-refractivity contribution in [1.82, 2.24) is 9.62 Å². The number of hydrogen-bond acceptors (Lipinski definition) is 4. The molecule has 1 unspecified atom stereocenters. The van der Waals surface area contributed by atoms with E-state index >= 15 is 0 Å². The first kappa shape index (κ1) is 16.4. The van der Waals surface area contributed by atoms with Gasteiger partial charge in [0.05, 0.1) is 6.07 Å². The summed E-state index contributed by atoms with van der Waals surface area (Å²) in [5.74, 6) is 0. The lowest BCUT2D eigenvalue weighted by Crippen LogP contribution is -2.35. The van der Waals surface area contributed by atoms with Crippen LogP contribution in [0.15, 0.2) is 0 Å². The molecule has 0 aliphatic carbocycles. The van der Waals surface area contributed by atoms with Crippen molar-refractivity contribution in [2.24, 2.45) is 0 Å². The van der Waals surface area contributed by atoms with E-state index in [1.165, 1.54) is 0 Å². The molecule has 0 aromatic carbocycles. The Morgan fingerprint density at radius 3 is 2.29 bits per heavy atom. The molecule has 0 spiro atoms. The summed E-state index contributed by atoms with van der Waals surface area (Å²) < 4.78 is 25.7. The van der Waals surface area contributed by atoms with Crippen LogP contribution in [0.1, 0.15) is 33.6 Å². The Labute approximate surface area is 105 Å². The molecule has 0 aliphatic heterocycles. The monoisotopic (exact) mass is 261 g/mol. The molecule has 17 heavy (non-hydrogen) atoms. The Bertz CT molecular complexity index is 331. The van der Waals surface area contributed by atoms with Gasteiger partial charge < -0.3 is 4.90 Å². The van der Waals surface area contributed by atoms with Gasteiger partial charge in [-0.05, 0) is 32.5 Å². The molecular weight excluding hydrogens is 238 g/mol. The summed E-state index contributed by atoms with van der Waals surface area (Å²) in [6, 6.07) is 1.80. The van der Waals surface area contributed by atoms with Gasteiger partial charge in [-0.2, -0.15) is 5.26 Å². The van der Waals surface area contributed by atoms with Crippen LogP contribution < -0.4 is 4.72 Å². The van der Waals surface area contributed by atoms with Crippen LogP contribution in [-0.4, -0.2) is 44.7 Å². The summed E-state index contributed by atoms with van der Waals surface area (Å²) in [6.07, 6.45) is 1.09. The zero-order chi connectivity index (χ0) is 13.3. The van der Waals surface area contributed by atoms with Crippen LogP contribution in [0, 0.1) is 11.3 Å². The Balaban J connectivity index is 4.01. The van der Waals surface area contributed by atoms with Gasteiger partial charge in [0, 0.05) is 6.54 Å². The summed E-state index contributed by atoms with van der Waals surface area (Å²) >= 11 is 0. The van der Waals surface area contributed by atoms with E-state index in [1.807, 2.05) is 0 Å². The molecule has 1 N–H and O–H groups in total. The van der Waals surface area contributed by atoms with Crippen molar-refractivity contribution in [2.75, 3.05) is 26.2 Å². The lowest BCUT2D eigenvalue weighted by molar-refractivity contribution is 0.300. The van der Waals surface area contributed by atoms with Crippen molar-refractivity contribution in [3.8, 4) is 6.07 Å². The van der Waals surface area contributed by atoms with Gasteiger partial charge in [0.2, 0.25) is 10.0 Å². The van der Waals surface area contributed by atoms with Gasteiger partial charge in [-0.15, -0.1) is 0 Å². The molecule has 0 fully saturated rings. The van der Waals surface area contributed by atoms with Crippen molar-refractivity contribution < 1.29 is 8.42 Å². The maximum atomic E-state index is 11.6. The molecule has 0 radical (unpaired) electrons. The van der Waals surface area contributed by atoms with E-state index in [9.17, 15) is 8.42 Å². The highest BCUT2D eigenvalue weighted by Crippen LogP contribution is 2.02. The number of nitriles is 1. The minimum atomic E-state index is -3.46. The van der Waals surface area contributed by atoms with E-state index in [-0.39, 0.29) is 0 Å². The second kappa shape index (κ2) is 8.45. The molecule has 100 valence electrons. The first-order valence-electron chi connectivity index (χ1n) is 6.12. The third kappa shape index (κ3) is 6.01. The Morgan fingerprint density at radius 2 is 1.88 bits per heavy atom. The van der Waals surface area contributed by atoms with Crippen molar-refractivity contribution >= 4 is 10.0 Å². The maximum Gasteiger partial charge on any atom is 0.227 e. The predicted octanol–water partition coefficient (Wildman–Crippen LogP) is 0.940.